The van der Waals surface area contributed by atoms with Gasteiger partial charge in [-0.05, 0) is 65.5 Å². The Bertz CT molecular complexity index is 665. The molecule has 0 unspecified atom stereocenters. The molecule has 0 saturated carbocycles. The van der Waals surface area contributed by atoms with Crippen LogP contribution in [0.15, 0.2) is 42.5 Å². The van der Waals surface area contributed by atoms with Gasteiger partial charge in [0.15, 0.2) is 0 Å². The molecule has 0 fully saturated rings. The normalized spacial score (nSPS) is 21.6. The molecule has 0 aromatic heterocycles. The Kier molecular flexibility index (Phi) is 4.30. The topological polar surface area (TPSA) is 20.2 Å². The van der Waals surface area contributed by atoms with E-state index in [1.165, 1.54) is 16.7 Å². The molecule has 1 aliphatic rings. The maximum Gasteiger partial charge on any atom is 0.123 e. The molecule has 1 nitrogen and oxygen atoms in total. The Labute approximate surface area is 131 Å². The van der Waals surface area contributed by atoms with Crippen LogP contribution in [0.3, 0.4) is 0 Å². The lowest BCUT2D eigenvalue weighted by Crippen LogP contribution is -2.16. The second-order valence-electron chi connectivity index (χ2n) is 6.41. The van der Waals surface area contributed by atoms with Crippen molar-refractivity contribution >= 4 is 0 Å². The van der Waals surface area contributed by atoms with E-state index in [4.69, 9.17) is 0 Å². The van der Waals surface area contributed by atoms with Crippen molar-refractivity contribution in [2.45, 2.75) is 51.0 Å². The van der Waals surface area contributed by atoms with Gasteiger partial charge in [0.05, 0.1) is 6.10 Å². The van der Waals surface area contributed by atoms with Crippen molar-refractivity contribution in [2.24, 2.45) is 0 Å². The Morgan fingerprint density at radius 1 is 1.14 bits per heavy atom. The molecule has 0 amide bonds. The van der Waals surface area contributed by atoms with Crippen LogP contribution in [0, 0.1) is 5.82 Å². The van der Waals surface area contributed by atoms with Crippen LogP contribution in [0.2, 0.25) is 0 Å². The first-order valence-corrected chi connectivity index (χ1v) is 8.14. The van der Waals surface area contributed by atoms with Crippen molar-refractivity contribution in [1.29, 1.82) is 0 Å². The molecule has 2 aromatic rings. The molecule has 0 aliphatic heterocycles. The van der Waals surface area contributed by atoms with Gasteiger partial charge in [0.1, 0.15) is 5.82 Å². The molecule has 2 heteroatoms. The van der Waals surface area contributed by atoms with Gasteiger partial charge >= 0.3 is 0 Å². The summed E-state index contributed by atoms with van der Waals surface area (Å²) < 4.78 is 13.7. The van der Waals surface area contributed by atoms with E-state index < -0.39 is 0 Å². The lowest BCUT2D eigenvalue weighted by Gasteiger charge is -2.27. The third kappa shape index (κ3) is 2.80. The first-order valence-electron chi connectivity index (χ1n) is 8.14. The van der Waals surface area contributed by atoms with Crippen LogP contribution in [0.1, 0.15) is 60.8 Å². The fourth-order valence-corrected chi connectivity index (χ4v) is 3.69. The molecule has 22 heavy (non-hydrogen) atoms. The molecular weight excluding hydrogens is 275 g/mol. The van der Waals surface area contributed by atoms with Crippen molar-refractivity contribution in [3.05, 3.63) is 70.5 Å². The molecule has 0 bridgehead atoms. The number of fused-ring (bicyclic) bond motifs is 2. The fourth-order valence-electron chi connectivity index (χ4n) is 3.69. The van der Waals surface area contributed by atoms with Gasteiger partial charge in [0, 0.05) is 0 Å². The average molecular weight is 298 g/mol. The molecule has 0 radical (unpaired) electrons. The zero-order chi connectivity index (χ0) is 15.7. The van der Waals surface area contributed by atoms with Crippen molar-refractivity contribution < 1.29 is 9.50 Å². The molecule has 116 valence electrons. The molecule has 1 N–H and O–H groups in total. The molecule has 0 spiro atoms. The van der Waals surface area contributed by atoms with E-state index in [0.29, 0.717) is 0 Å². The number of aliphatic hydroxyl groups is 1. The molecule has 1 aliphatic carbocycles. The lowest BCUT2D eigenvalue weighted by molar-refractivity contribution is 0.147. The number of aliphatic hydroxyl groups excluding tert-OH is 1. The van der Waals surface area contributed by atoms with Gasteiger partial charge in [-0.1, -0.05) is 44.2 Å². The summed E-state index contributed by atoms with van der Waals surface area (Å²) in [5.74, 6) is 0.260. The van der Waals surface area contributed by atoms with Gasteiger partial charge in [-0.15, -0.1) is 0 Å². The third-order valence-corrected chi connectivity index (χ3v) is 5.03. The first-order chi connectivity index (χ1) is 10.6. The summed E-state index contributed by atoms with van der Waals surface area (Å²) in [5, 5.41) is 10.2. The maximum atomic E-state index is 13.7. The van der Waals surface area contributed by atoms with Crippen molar-refractivity contribution in [3.63, 3.8) is 0 Å². The van der Waals surface area contributed by atoms with Crippen LogP contribution in [0.25, 0.3) is 0 Å². The molecule has 3 rings (SSSR count). The van der Waals surface area contributed by atoms with E-state index in [-0.39, 0.29) is 23.8 Å². The van der Waals surface area contributed by atoms with Crippen LogP contribution in [-0.2, 0) is 6.42 Å². The Balaban J connectivity index is 2.11. The monoisotopic (exact) mass is 298 g/mol. The molecular formula is C20H23FO. The lowest BCUT2D eigenvalue weighted by atomic mass is 9.79. The van der Waals surface area contributed by atoms with Crippen LogP contribution < -0.4 is 0 Å². The van der Waals surface area contributed by atoms with Gasteiger partial charge in [0.2, 0.25) is 0 Å². The van der Waals surface area contributed by atoms with Crippen molar-refractivity contribution in [2.75, 3.05) is 0 Å². The standard InChI is InChI=1S/C20H23FO/c1-3-17(22)12-20-13(2)19-11-16(21)9-8-15(19)10-14-6-4-5-7-18(14)20/h4-9,11,13,17,20,22H,3,10,12H2,1-2H3/t13-,17-,20-/m0/s1. The van der Waals surface area contributed by atoms with E-state index >= 15 is 0 Å². The minimum Gasteiger partial charge on any atom is -0.393 e. The van der Waals surface area contributed by atoms with E-state index in [2.05, 4.69) is 31.2 Å². The minimum absolute atomic E-state index is 0.175. The van der Waals surface area contributed by atoms with Crippen LogP contribution >= 0.6 is 0 Å². The summed E-state index contributed by atoms with van der Waals surface area (Å²) in [7, 11) is 0. The summed E-state index contributed by atoms with van der Waals surface area (Å²) in [5.41, 5.74) is 4.89. The summed E-state index contributed by atoms with van der Waals surface area (Å²) in [4.78, 5) is 0. The van der Waals surface area contributed by atoms with E-state index in [9.17, 15) is 9.50 Å². The van der Waals surface area contributed by atoms with Gasteiger partial charge in [-0.3, -0.25) is 0 Å². The van der Waals surface area contributed by atoms with Crippen LogP contribution in [-0.4, -0.2) is 11.2 Å². The SMILES string of the molecule is CC[C@H](O)C[C@@H]1c2ccccc2Cc2ccc(F)cc2[C@@H]1C. The average Bonchev–Trinajstić information content (AvgIpc) is 2.64. The smallest absolute Gasteiger partial charge is 0.123 e. The predicted molar refractivity (Wildman–Crippen MR) is 87.7 cm³/mol. The van der Waals surface area contributed by atoms with Gasteiger partial charge in [-0.25, -0.2) is 4.39 Å². The van der Waals surface area contributed by atoms with E-state index in [1.807, 2.05) is 13.0 Å². The number of benzene rings is 2. The van der Waals surface area contributed by atoms with Crippen LogP contribution in [0.4, 0.5) is 4.39 Å². The maximum absolute atomic E-state index is 13.7. The minimum atomic E-state index is -0.310. The van der Waals surface area contributed by atoms with E-state index in [1.54, 1.807) is 12.1 Å². The number of halogens is 1. The van der Waals surface area contributed by atoms with Crippen molar-refractivity contribution in [3.8, 4) is 0 Å². The number of hydrogen-bond donors (Lipinski definition) is 1. The summed E-state index contributed by atoms with van der Waals surface area (Å²) in [6.45, 7) is 4.17. The van der Waals surface area contributed by atoms with Crippen molar-refractivity contribution in [1.82, 2.24) is 0 Å². The van der Waals surface area contributed by atoms with Gasteiger partial charge in [-0.2, -0.15) is 0 Å². The second kappa shape index (κ2) is 6.21. The highest BCUT2D eigenvalue weighted by Crippen LogP contribution is 2.43. The summed E-state index contributed by atoms with van der Waals surface area (Å²) in [6, 6.07) is 13.6. The van der Waals surface area contributed by atoms with Crippen LogP contribution in [0.5, 0.6) is 0 Å². The first kappa shape index (κ1) is 15.2. The predicted octanol–water partition coefficient (Wildman–Crippen LogP) is 4.78. The second-order valence-corrected chi connectivity index (χ2v) is 6.41. The zero-order valence-corrected chi connectivity index (χ0v) is 13.2. The number of rotatable bonds is 3. The summed E-state index contributed by atoms with van der Waals surface area (Å²) in [6.07, 6.45) is 2.01. The molecule has 2 aromatic carbocycles. The molecule has 0 heterocycles. The highest BCUT2D eigenvalue weighted by atomic mass is 19.1. The highest BCUT2D eigenvalue weighted by molar-refractivity contribution is 5.45. The highest BCUT2D eigenvalue weighted by Gasteiger charge is 2.29. The molecule has 0 saturated heterocycles. The largest absolute Gasteiger partial charge is 0.393 e. The number of hydrogen-bond acceptors (Lipinski definition) is 1. The third-order valence-electron chi connectivity index (χ3n) is 5.03. The fraction of sp³-hybridized carbons (Fsp3) is 0.400. The Morgan fingerprint density at radius 3 is 2.64 bits per heavy atom. The van der Waals surface area contributed by atoms with Gasteiger partial charge < -0.3 is 5.11 Å². The quantitative estimate of drug-likeness (QED) is 0.864. The Morgan fingerprint density at radius 2 is 1.86 bits per heavy atom. The summed E-state index contributed by atoms with van der Waals surface area (Å²) >= 11 is 0. The van der Waals surface area contributed by atoms with E-state index in [0.717, 1.165) is 24.8 Å². The molecule has 3 atom stereocenters. The van der Waals surface area contributed by atoms with Gasteiger partial charge in [0.25, 0.3) is 0 Å². The Hall–Kier alpha value is -1.67. The zero-order valence-electron chi connectivity index (χ0n) is 13.2.